The third-order valence-corrected chi connectivity index (χ3v) is 3.20. The van der Waals surface area contributed by atoms with Crippen LogP contribution in [0.3, 0.4) is 0 Å². The Morgan fingerprint density at radius 3 is 2.62 bits per heavy atom. The van der Waals surface area contributed by atoms with Crippen LogP contribution in [0.2, 0.25) is 5.02 Å². The summed E-state index contributed by atoms with van der Waals surface area (Å²) in [5.41, 5.74) is 1.62. The largest absolute Gasteiger partial charge is 0.464 e. The van der Waals surface area contributed by atoms with Gasteiger partial charge in [0.1, 0.15) is 5.69 Å². The number of hydrogen-bond donors (Lipinski definition) is 0. The summed E-state index contributed by atoms with van der Waals surface area (Å²) in [4.78, 5) is 11.8. The Labute approximate surface area is 127 Å². The van der Waals surface area contributed by atoms with Crippen LogP contribution in [0.4, 0.5) is 0 Å². The first-order chi connectivity index (χ1) is 10.2. The second-order valence-corrected chi connectivity index (χ2v) is 4.79. The Bertz CT molecular complexity index is 610. The Morgan fingerprint density at radius 2 is 2.00 bits per heavy atom. The van der Waals surface area contributed by atoms with Crippen LogP contribution in [-0.2, 0) is 16.0 Å². The third kappa shape index (κ3) is 3.59. The highest BCUT2D eigenvalue weighted by Crippen LogP contribution is 2.24. The van der Waals surface area contributed by atoms with Gasteiger partial charge < -0.3 is 9.47 Å². The second kappa shape index (κ2) is 7.19. The van der Waals surface area contributed by atoms with Crippen molar-refractivity contribution in [3.05, 3.63) is 35.0 Å². The summed E-state index contributed by atoms with van der Waals surface area (Å²) in [5.74, 6) is -0.516. The molecule has 2 rings (SSSR count). The first kappa shape index (κ1) is 15.5. The number of methoxy groups -OCH3 is 2. The van der Waals surface area contributed by atoms with Gasteiger partial charge in [-0.25, -0.2) is 9.48 Å². The average Bonchev–Trinajstić information content (AvgIpc) is 2.91. The lowest BCUT2D eigenvalue weighted by molar-refractivity contribution is 0.0595. The first-order valence-corrected chi connectivity index (χ1v) is 6.82. The van der Waals surface area contributed by atoms with E-state index < -0.39 is 5.97 Å². The van der Waals surface area contributed by atoms with E-state index in [1.807, 2.05) is 12.1 Å². The monoisotopic (exact) mass is 309 g/mol. The van der Waals surface area contributed by atoms with Gasteiger partial charge in [0.25, 0.3) is 0 Å². The van der Waals surface area contributed by atoms with Gasteiger partial charge in [-0.1, -0.05) is 28.9 Å². The van der Waals surface area contributed by atoms with Crippen molar-refractivity contribution in [3.63, 3.8) is 0 Å². The summed E-state index contributed by atoms with van der Waals surface area (Å²) in [5, 5.41) is 8.58. The second-order valence-electron chi connectivity index (χ2n) is 4.35. The predicted octanol–water partition coefficient (Wildman–Crippen LogP) is 2.42. The molecule has 6 nitrogen and oxygen atoms in total. The predicted molar refractivity (Wildman–Crippen MR) is 78.3 cm³/mol. The lowest BCUT2D eigenvalue weighted by Crippen LogP contribution is -2.08. The Hall–Kier alpha value is -1.92. The number of halogens is 1. The maximum Gasteiger partial charge on any atom is 0.360 e. The fraction of sp³-hybridized carbons (Fsp3) is 0.357. The summed E-state index contributed by atoms with van der Waals surface area (Å²) >= 11 is 5.90. The van der Waals surface area contributed by atoms with Crippen molar-refractivity contribution in [1.29, 1.82) is 0 Å². The molecule has 0 amide bonds. The van der Waals surface area contributed by atoms with Crippen molar-refractivity contribution in [2.75, 3.05) is 20.8 Å². The van der Waals surface area contributed by atoms with Crippen molar-refractivity contribution >= 4 is 17.6 Å². The molecule has 0 atom stereocenters. The molecule has 1 heterocycles. The van der Waals surface area contributed by atoms with E-state index in [-0.39, 0.29) is 5.69 Å². The summed E-state index contributed by atoms with van der Waals surface area (Å²) in [6.45, 7) is 1.20. The molecule has 112 valence electrons. The number of aromatic nitrogens is 3. The molecule has 1 aromatic carbocycles. The van der Waals surface area contributed by atoms with Gasteiger partial charge in [-0.2, -0.15) is 0 Å². The molecule has 1 aromatic heterocycles. The number of esters is 1. The van der Waals surface area contributed by atoms with Crippen LogP contribution >= 0.6 is 11.6 Å². The van der Waals surface area contributed by atoms with Crippen LogP contribution in [-0.4, -0.2) is 41.8 Å². The third-order valence-electron chi connectivity index (χ3n) is 2.95. The first-order valence-electron chi connectivity index (χ1n) is 6.44. The molecule has 2 aromatic rings. The lowest BCUT2D eigenvalue weighted by atomic mass is 10.1. The Kier molecular flexibility index (Phi) is 5.30. The van der Waals surface area contributed by atoms with Crippen molar-refractivity contribution in [3.8, 4) is 11.3 Å². The quantitative estimate of drug-likeness (QED) is 0.605. The van der Waals surface area contributed by atoms with E-state index in [9.17, 15) is 4.79 Å². The van der Waals surface area contributed by atoms with Crippen LogP contribution in [0.25, 0.3) is 11.3 Å². The maximum atomic E-state index is 11.8. The molecule has 0 N–H and O–H groups in total. The molecule has 21 heavy (non-hydrogen) atoms. The molecular formula is C14H16ClN3O3. The van der Waals surface area contributed by atoms with E-state index >= 15 is 0 Å². The van der Waals surface area contributed by atoms with Gasteiger partial charge in [-0.3, -0.25) is 0 Å². The minimum Gasteiger partial charge on any atom is -0.464 e. The topological polar surface area (TPSA) is 66.2 Å². The van der Waals surface area contributed by atoms with E-state index in [1.165, 1.54) is 7.11 Å². The number of nitrogens with zero attached hydrogens (tertiary/aromatic N) is 3. The van der Waals surface area contributed by atoms with Gasteiger partial charge >= 0.3 is 5.97 Å². The van der Waals surface area contributed by atoms with E-state index in [2.05, 4.69) is 10.3 Å². The van der Waals surface area contributed by atoms with Gasteiger partial charge in [-0.15, -0.1) is 5.10 Å². The fourth-order valence-electron chi connectivity index (χ4n) is 1.96. The number of ether oxygens (including phenoxy) is 2. The van der Waals surface area contributed by atoms with Crippen LogP contribution in [0.15, 0.2) is 24.3 Å². The minimum absolute atomic E-state index is 0.192. The van der Waals surface area contributed by atoms with Gasteiger partial charge in [0, 0.05) is 30.8 Å². The summed E-state index contributed by atoms with van der Waals surface area (Å²) in [6, 6.07) is 7.15. The molecule has 0 aliphatic rings. The summed E-state index contributed by atoms with van der Waals surface area (Å²) in [6.07, 6.45) is 0.765. The van der Waals surface area contributed by atoms with Crippen molar-refractivity contribution in [2.45, 2.75) is 13.0 Å². The Morgan fingerprint density at radius 1 is 1.29 bits per heavy atom. The standard InChI is InChI=1S/C14H16ClN3O3/c1-20-9-3-8-18-13(10-4-6-11(15)7-5-10)12(16-17-18)14(19)21-2/h4-7H,3,8-9H2,1-2H3. The number of benzene rings is 1. The number of carbonyl (C=O) groups excluding carboxylic acids is 1. The zero-order valence-electron chi connectivity index (χ0n) is 11.9. The van der Waals surface area contributed by atoms with Crippen molar-refractivity contribution < 1.29 is 14.3 Å². The highest BCUT2D eigenvalue weighted by molar-refractivity contribution is 6.30. The molecule has 0 spiro atoms. The molecule has 0 aliphatic heterocycles. The van der Waals surface area contributed by atoms with Crippen molar-refractivity contribution in [1.82, 2.24) is 15.0 Å². The molecule has 7 heteroatoms. The van der Waals surface area contributed by atoms with E-state index in [4.69, 9.17) is 21.1 Å². The molecule has 0 fully saturated rings. The van der Waals surface area contributed by atoms with Gasteiger partial charge in [0.15, 0.2) is 5.69 Å². The van der Waals surface area contributed by atoms with Crippen molar-refractivity contribution in [2.24, 2.45) is 0 Å². The SMILES string of the molecule is COCCCn1nnc(C(=O)OC)c1-c1ccc(Cl)cc1. The Balaban J connectivity index is 2.40. The molecular weight excluding hydrogens is 294 g/mol. The van der Waals surface area contributed by atoms with Crippen LogP contribution in [0.5, 0.6) is 0 Å². The number of rotatable bonds is 6. The molecule has 0 radical (unpaired) electrons. The van der Waals surface area contributed by atoms with Gasteiger partial charge in [0.05, 0.1) is 7.11 Å². The smallest absolute Gasteiger partial charge is 0.360 e. The number of hydrogen-bond acceptors (Lipinski definition) is 5. The fourth-order valence-corrected chi connectivity index (χ4v) is 2.08. The van der Waals surface area contributed by atoms with Gasteiger partial charge in [-0.05, 0) is 18.6 Å². The van der Waals surface area contributed by atoms with E-state index in [1.54, 1.807) is 23.9 Å². The molecule has 0 saturated heterocycles. The normalized spacial score (nSPS) is 10.6. The number of aryl methyl sites for hydroxylation is 1. The minimum atomic E-state index is -0.516. The molecule has 0 bridgehead atoms. The molecule has 0 unspecified atom stereocenters. The summed E-state index contributed by atoms with van der Waals surface area (Å²) < 4.78 is 11.5. The molecule has 0 saturated carbocycles. The summed E-state index contributed by atoms with van der Waals surface area (Å²) in [7, 11) is 2.96. The zero-order valence-corrected chi connectivity index (χ0v) is 12.6. The molecule has 0 aliphatic carbocycles. The van der Waals surface area contributed by atoms with Crippen LogP contribution < -0.4 is 0 Å². The maximum absolute atomic E-state index is 11.8. The van der Waals surface area contributed by atoms with Crippen LogP contribution in [0, 0.1) is 0 Å². The van der Waals surface area contributed by atoms with E-state index in [0.29, 0.717) is 23.9 Å². The van der Waals surface area contributed by atoms with E-state index in [0.717, 1.165) is 12.0 Å². The highest BCUT2D eigenvalue weighted by Gasteiger charge is 2.21. The zero-order chi connectivity index (χ0) is 15.2. The van der Waals surface area contributed by atoms with Gasteiger partial charge in [0.2, 0.25) is 0 Å². The average molecular weight is 310 g/mol. The highest BCUT2D eigenvalue weighted by atomic mass is 35.5. The van der Waals surface area contributed by atoms with Crippen LogP contribution in [0.1, 0.15) is 16.9 Å². The lowest BCUT2D eigenvalue weighted by Gasteiger charge is -2.07. The number of carbonyl (C=O) groups is 1.